The molecule has 1 atom stereocenters. The maximum Gasteiger partial charge on any atom is 0.0278 e. The average Bonchev–Trinajstić information content (AvgIpc) is 2.73. The average molecular weight is 238 g/mol. The van der Waals surface area contributed by atoms with E-state index in [2.05, 4.69) is 37.9 Å². The Kier molecular flexibility index (Phi) is 4.14. The normalized spacial score (nSPS) is 31.2. The summed E-state index contributed by atoms with van der Waals surface area (Å²) in [6, 6.07) is 0.685. The van der Waals surface area contributed by atoms with Crippen LogP contribution >= 0.6 is 0 Å². The van der Waals surface area contributed by atoms with Crippen molar-refractivity contribution in [3.63, 3.8) is 0 Å². The fraction of sp³-hybridized carbons (Fsp3) is 1.00. The van der Waals surface area contributed by atoms with Gasteiger partial charge in [-0.15, -0.1) is 0 Å². The Morgan fingerprint density at radius 1 is 1.24 bits per heavy atom. The molecule has 2 aliphatic rings. The molecule has 1 saturated carbocycles. The van der Waals surface area contributed by atoms with Gasteiger partial charge >= 0.3 is 0 Å². The highest BCUT2D eigenvalue weighted by molar-refractivity contribution is 4.94. The first kappa shape index (κ1) is 13.4. The summed E-state index contributed by atoms with van der Waals surface area (Å²) in [5.74, 6) is 1.72. The highest BCUT2D eigenvalue weighted by Crippen LogP contribution is 2.29. The zero-order chi connectivity index (χ0) is 12.5. The van der Waals surface area contributed by atoms with Crippen LogP contribution < -0.4 is 5.32 Å². The summed E-state index contributed by atoms with van der Waals surface area (Å²) in [6.07, 6.45) is 5.86. The lowest BCUT2D eigenvalue weighted by molar-refractivity contribution is 0.0411. The Hall–Kier alpha value is -0.0800. The molecular formula is C15H30N2. The molecule has 100 valence electrons. The van der Waals surface area contributed by atoms with E-state index in [1.54, 1.807) is 0 Å². The number of rotatable bonds is 3. The van der Waals surface area contributed by atoms with E-state index >= 15 is 0 Å². The summed E-state index contributed by atoms with van der Waals surface area (Å²) in [4.78, 5) is 2.75. The van der Waals surface area contributed by atoms with Crippen molar-refractivity contribution in [3.8, 4) is 0 Å². The molecule has 0 bridgehead atoms. The van der Waals surface area contributed by atoms with E-state index in [1.165, 1.54) is 38.8 Å². The van der Waals surface area contributed by atoms with Crippen molar-refractivity contribution in [3.05, 3.63) is 0 Å². The highest BCUT2D eigenvalue weighted by Gasteiger charge is 2.36. The van der Waals surface area contributed by atoms with Gasteiger partial charge in [0.2, 0.25) is 0 Å². The Morgan fingerprint density at radius 3 is 2.47 bits per heavy atom. The van der Waals surface area contributed by atoms with Crippen molar-refractivity contribution < 1.29 is 0 Å². The predicted octanol–water partition coefficient (Wildman–Crippen LogP) is 2.89. The van der Waals surface area contributed by atoms with E-state index in [4.69, 9.17) is 0 Å². The Morgan fingerprint density at radius 2 is 1.88 bits per heavy atom. The van der Waals surface area contributed by atoms with Gasteiger partial charge < -0.3 is 5.32 Å². The second-order valence-corrected chi connectivity index (χ2v) is 7.10. The van der Waals surface area contributed by atoms with E-state index in [-0.39, 0.29) is 0 Å². The number of nitrogens with one attached hydrogen (secondary N) is 1. The molecule has 1 unspecified atom stereocenters. The second kappa shape index (κ2) is 5.27. The van der Waals surface area contributed by atoms with Gasteiger partial charge in [-0.05, 0) is 38.5 Å². The third-order valence-electron chi connectivity index (χ3n) is 4.83. The van der Waals surface area contributed by atoms with Crippen LogP contribution in [0.1, 0.15) is 53.4 Å². The molecule has 1 N–H and O–H groups in total. The summed E-state index contributed by atoms with van der Waals surface area (Å²) in [5, 5.41) is 3.72. The smallest absolute Gasteiger partial charge is 0.0278 e. The summed E-state index contributed by atoms with van der Waals surface area (Å²) >= 11 is 0. The third-order valence-corrected chi connectivity index (χ3v) is 4.83. The monoisotopic (exact) mass is 238 g/mol. The van der Waals surface area contributed by atoms with Crippen molar-refractivity contribution >= 4 is 0 Å². The molecular weight excluding hydrogens is 208 g/mol. The van der Waals surface area contributed by atoms with Crippen LogP contribution in [0.3, 0.4) is 0 Å². The van der Waals surface area contributed by atoms with Gasteiger partial charge in [0.15, 0.2) is 0 Å². The Labute approximate surface area is 107 Å². The molecule has 0 radical (unpaired) electrons. The first-order valence-corrected chi connectivity index (χ1v) is 7.47. The third kappa shape index (κ3) is 3.23. The summed E-state index contributed by atoms with van der Waals surface area (Å²) in [6.45, 7) is 13.2. The van der Waals surface area contributed by atoms with Gasteiger partial charge in [-0.1, -0.05) is 26.7 Å². The molecule has 2 fully saturated rings. The SMILES string of the molecule is CC(C)C1CN(CC2CCCC2)C(C)(C)CN1. The maximum atomic E-state index is 3.72. The molecule has 0 amide bonds. The molecule has 1 heterocycles. The number of nitrogens with zero attached hydrogens (tertiary/aromatic N) is 1. The minimum absolute atomic E-state index is 0.341. The van der Waals surface area contributed by atoms with Crippen LogP contribution in [-0.4, -0.2) is 36.1 Å². The molecule has 17 heavy (non-hydrogen) atoms. The second-order valence-electron chi connectivity index (χ2n) is 7.10. The van der Waals surface area contributed by atoms with Crippen molar-refractivity contribution in [2.75, 3.05) is 19.6 Å². The standard InChI is InChI=1S/C15H30N2/c1-12(2)14-10-17(15(3,4)11-16-14)9-13-7-5-6-8-13/h12-14,16H,5-11H2,1-4H3. The van der Waals surface area contributed by atoms with Crippen molar-refractivity contribution in [1.29, 1.82) is 0 Å². The van der Waals surface area contributed by atoms with Crippen LogP contribution in [0.4, 0.5) is 0 Å². The first-order valence-electron chi connectivity index (χ1n) is 7.47. The lowest BCUT2D eigenvalue weighted by Gasteiger charge is -2.48. The molecule has 0 spiro atoms. The molecule has 0 aromatic carbocycles. The van der Waals surface area contributed by atoms with Gasteiger partial charge in [0.05, 0.1) is 0 Å². The van der Waals surface area contributed by atoms with E-state index < -0.39 is 0 Å². The number of piperazine rings is 1. The van der Waals surface area contributed by atoms with Gasteiger partial charge in [0.25, 0.3) is 0 Å². The van der Waals surface area contributed by atoms with Gasteiger partial charge in [-0.2, -0.15) is 0 Å². The fourth-order valence-corrected chi connectivity index (χ4v) is 3.31. The van der Waals surface area contributed by atoms with Crippen LogP contribution in [0.2, 0.25) is 0 Å². The highest BCUT2D eigenvalue weighted by atomic mass is 15.3. The molecule has 0 aromatic rings. The lowest BCUT2D eigenvalue weighted by Crippen LogP contribution is -2.63. The van der Waals surface area contributed by atoms with Gasteiger partial charge in [-0.3, -0.25) is 4.90 Å². The Bertz CT molecular complexity index is 239. The van der Waals surface area contributed by atoms with Crippen molar-refractivity contribution in [2.24, 2.45) is 11.8 Å². The minimum atomic E-state index is 0.341. The molecule has 2 nitrogen and oxygen atoms in total. The summed E-state index contributed by atoms with van der Waals surface area (Å²) in [7, 11) is 0. The molecule has 2 heteroatoms. The number of hydrogen-bond donors (Lipinski definition) is 1. The van der Waals surface area contributed by atoms with Crippen LogP contribution in [0.25, 0.3) is 0 Å². The van der Waals surface area contributed by atoms with Gasteiger partial charge in [-0.25, -0.2) is 0 Å². The van der Waals surface area contributed by atoms with Crippen molar-refractivity contribution in [2.45, 2.75) is 65.0 Å². The predicted molar refractivity (Wildman–Crippen MR) is 74.2 cm³/mol. The van der Waals surface area contributed by atoms with Crippen LogP contribution in [-0.2, 0) is 0 Å². The zero-order valence-corrected chi connectivity index (χ0v) is 12.1. The molecule has 1 saturated heterocycles. The molecule has 1 aliphatic heterocycles. The summed E-state index contributed by atoms with van der Waals surface area (Å²) in [5.41, 5.74) is 0.341. The quantitative estimate of drug-likeness (QED) is 0.813. The van der Waals surface area contributed by atoms with Crippen molar-refractivity contribution in [1.82, 2.24) is 10.2 Å². The molecule has 1 aliphatic carbocycles. The minimum Gasteiger partial charge on any atom is -0.311 e. The van der Waals surface area contributed by atoms with E-state index in [0.717, 1.165) is 18.4 Å². The Balaban J connectivity index is 1.95. The van der Waals surface area contributed by atoms with E-state index in [9.17, 15) is 0 Å². The zero-order valence-electron chi connectivity index (χ0n) is 12.1. The maximum absolute atomic E-state index is 3.72. The number of hydrogen-bond acceptors (Lipinski definition) is 2. The van der Waals surface area contributed by atoms with Crippen LogP contribution in [0, 0.1) is 11.8 Å². The topological polar surface area (TPSA) is 15.3 Å². The summed E-state index contributed by atoms with van der Waals surface area (Å²) < 4.78 is 0. The largest absolute Gasteiger partial charge is 0.311 e. The molecule has 0 aromatic heterocycles. The first-order chi connectivity index (χ1) is 7.99. The van der Waals surface area contributed by atoms with Gasteiger partial charge in [0.1, 0.15) is 0 Å². The van der Waals surface area contributed by atoms with E-state index in [1.807, 2.05) is 0 Å². The van der Waals surface area contributed by atoms with Crippen LogP contribution in [0.15, 0.2) is 0 Å². The van der Waals surface area contributed by atoms with Gasteiger partial charge in [0, 0.05) is 31.2 Å². The van der Waals surface area contributed by atoms with E-state index in [0.29, 0.717) is 11.6 Å². The van der Waals surface area contributed by atoms with Crippen LogP contribution in [0.5, 0.6) is 0 Å². The fourth-order valence-electron chi connectivity index (χ4n) is 3.31. The molecule has 2 rings (SSSR count). The lowest BCUT2D eigenvalue weighted by atomic mass is 9.91.